The van der Waals surface area contributed by atoms with Crippen molar-refractivity contribution >= 4 is 29.6 Å². The Balaban J connectivity index is 0.00000450. The number of alkyl carbamates (subject to hydrolysis) is 1. The Morgan fingerprint density at radius 3 is 2.40 bits per heavy atom. The molecule has 0 aliphatic heterocycles. The van der Waals surface area contributed by atoms with Crippen LogP contribution in [0.15, 0.2) is 24.3 Å². The maximum Gasteiger partial charge on any atom is 1.00 e. The summed E-state index contributed by atoms with van der Waals surface area (Å²) in [5.74, 6) is -0.391. The molecule has 1 unspecified atom stereocenters. The van der Waals surface area contributed by atoms with Crippen LogP contribution in [0.4, 0.5) is 4.79 Å². The fourth-order valence-electron chi connectivity index (χ4n) is 3.02. The predicted molar refractivity (Wildman–Crippen MR) is 108 cm³/mol. The van der Waals surface area contributed by atoms with E-state index < -0.39 is 18.4 Å². The van der Waals surface area contributed by atoms with Gasteiger partial charge >= 0.3 is 47.6 Å². The van der Waals surface area contributed by atoms with Gasteiger partial charge in [0.05, 0.1) is 5.92 Å². The van der Waals surface area contributed by atoms with Gasteiger partial charge in [0.2, 0.25) is 6.29 Å². The maximum absolute atomic E-state index is 12.2. The molecule has 0 bridgehead atoms. The Morgan fingerprint density at radius 2 is 1.77 bits per heavy atom. The fraction of sp³-hybridized carbons (Fsp3) is 0.571. The standard InChI is InChI=1S/C21H28ClNO6.Na/c1-2-19(28-20(25)15-7-4-3-5-8-15)29-21(26)23-14-6-9-18(24)27-17-12-10-16(22)11-13-17;/h10-13,15,19H,2-9,14H2,1H3,(H,23,26);/q;+1. The second-order valence-electron chi connectivity index (χ2n) is 6.97. The molecular formula is C21H28ClNNaO6+. The first kappa shape index (κ1) is 26.8. The summed E-state index contributed by atoms with van der Waals surface area (Å²) in [5.41, 5.74) is 0. The summed E-state index contributed by atoms with van der Waals surface area (Å²) in [4.78, 5) is 35.8. The molecule has 0 spiro atoms. The second kappa shape index (κ2) is 14.7. The molecular weight excluding hydrogens is 421 g/mol. The second-order valence-corrected chi connectivity index (χ2v) is 7.41. The predicted octanol–water partition coefficient (Wildman–Crippen LogP) is 1.62. The Morgan fingerprint density at radius 1 is 1.10 bits per heavy atom. The molecule has 7 nitrogen and oxygen atoms in total. The minimum Gasteiger partial charge on any atom is -0.427 e. The Labute approximate surface area is 204 Å². The molecule has 1 amide bonds. The van der Waals surface area contributed by atoms with Gasteiger partial charge in [0.25, 0.3) is 0 Å². The minimum absolute atomic E-state index is 0. The zero-order valence-corrected chi connectivity index (χ0v) is 20.4. The van der Waals surface area contributed by atoms with Crippen molar-refractivity contribution in [1.82, 2.24) is 5.32 Å². The molecule has 0 saturated heterocycles. The normalized spacial score (nSPS) is 14.7. The van der Waals surface area contributed by atoms with Crippen molar-refractivity contribution < 1.29 is 58.2 Å². The zero-order valence-electron chi connectivity index (χ0n) is 17.7. The minimum atomic E-state index is -0.903. The average Bonchev–Trinajstić information content (AvgIpc) is 2.73. The van der Waals surface area contributed by atoms with E-state index in [9.17, 15) is 14.4 Å². The summed E-state index contributed by atoms with van der Waals surface area (Å²) in [6.07, 6.45) is 4.17. The summed E-state index contributed by atoms with van der Waals surface area (Å²) >= 11 is 5.77. The Hall–Kier alpha value is -1.28. The van der Waals surface area contributed by atoms with Crippen molar-refractivity contribution in [1.29, 1.82) is 0 Å². The molecule has 30 heavy (non-hydrogen) atoms. The van der Waals surface area contributed by atoms with Crippen molar-refractivity contribution in [2.45, 2.75) is 64.6 Å². The number of hydrogen-bond donors (Lipinski definition) is 1. The topological polar surface area (TPSA) is 90.9 Å². The largest absolute Gasteiger partial charge is 1.00 e. The van der Waals surface area contributed by atoms with Gasteiger partial charge < -0.3 is 19.5 Å². The molecule has 2 rings (SSSR count). The molecule has 1 aliphatic rings. The molecule has 0 heterocycles. The van der Waals surface area contributed by atoms with E-state index in [4.69, 9.17) is 25.8 Å². The number of carbonyl (C=O) groups excluding carboxylic acids is 3. The molecule has 9 heteroatoms. The summed E-state index contributed by atoms with van der Waals surface area (Å²) < 4.78 is 15.6. The van der Waals surface area contributed by atoms with Crippen molar-refractivity contribution in [3.05, 3.63) is 29.3 Å². The van der Waals surface area contributed by atoms with Crippen molar-refractivity contribution in [3.8, 4) is 5.75 Å². The van der Waals surface area contributed by atoms with E-state index in [1.54, 1.807) is 31.2 Å². The van der Waals surface area contributed by atoms with Gasteiger partial charge in [0, 0.05) is 24.4 Å². The number of halogens is 1. The van der Waals surface area contributed by atoms with Gasteiger partial charge in [0.1, 0.15) is 5.75 Å². The van der Waals surface area contributed by atoms with Crippen LogP contribution in [0.1, 0.15) is 58.3 Å². The van der Waals surface area contributed by atoms with Gasteiger partial charge in [-0.2, -0.15) is 0 Å². The number of benzene rings is 1. The molecule has 160 valence electrons. The van der Waals surface area contributed by atoms with E-state index in [-0.39, 0.29) is 54.4 Å². The molecule has 1 aromatic rings. The van der Waals surface area contributed by atoms with E-state index in [0.29, 0.717) is 23.6 Å². The number of amides is 1. The van der Waals surface area contributed by atoms with E-state index in [1.807, 2.05) is 0 Å². The average molecular weight is 449 g/mol. The number of carbonyl (C=O) groups is 3. The van der Waals surface area contributed by atoms with E-state index in [2.05, 4.69) is 5.32 Å². The van der Waals surface area contributed by atoms with Gasteiger partial charge in [-0.3, -0.25) is 9.59 Å². The number of hydrogen-bond acceptors (Lipinski definition) is 6. The third-order valence-corrected chi connectivity index (χ3v) is 4.88. The Kier molecular flexibility index (Phi) is 13.1. The first-order valence-corrected chi connectivity index (χ1v) is 10.5. The van der Waals surface area contributed by atoms with Crippen LogP contribution >= 0.6 is 11.6 Å². The molecule has 1 N–H and O–H groups in total. The summed E-state index contributed by atoms with van der Waals surface area (Å²) in [6.45, 7) is 2.01. The van der Waals surface area contributed by atoms with Gasteiger partial charge in [0.15, 0.2) is 0 Å². The molecule has 0 aromatic heterocycles. The summed E-state index contributed by atoms with van der Waals surface area (Å²) in [5, 5.41) is 3.11. The number of rotatable bonds is 9. The fourth-order valence-corrected chi connectivity index (χ4v) is 3.15. The third kappa shape index (κ3) is 10.2. The first-order chi connectivity index (χ1) is 14.0. The van der Waals surface area contributed by atoms with Gasteiger partial charge in [-0.25, -0.2) is 4.79 Å². The van der Waals surface area contributed by atoms with E-state index >= 15 is 0 Å². The van der Waals surface area contributed by atoms with Crippen molar-refractivity contribution in [2.24, 2.45) is 5.92 Å². The van der Waals surface area contributed by atoms with Crippen LogP contribution in [0.25, 0.3) is 0 Å². The SMILES string of the molecule is CCC(OC(=O)NCCCC(=O)Oc1ccc(Cl)cc1)OC(=O)C1CCCCC1.[Na+]. The first-order valence-electron chi connectivity index (χ1n) is 10.1. The number of nitrogens with one attached hydrogen (secondary N) is 1. The van der Waals surface area contributed by atoms with Gasteiger partial charge in [-0.05, 0) is 43.5 Å². The summed E-state index contributed by atoms with van der Waals surface area (Å²) in [6, 6.07) is 6.48. The smallest absolute Gasteiger partial charge is 0.427 e. The van der Waals surface area contributed by atoms with Gasteiger partial charge in [-0.15, -0.1) is 0 Å². The monoisotopic (exact) mass is 448 g/mol. The molecule has 1 aromatic carbocycles. The molecule has 0 radical (unpaired) electrons. The van der Waals surface area contributed by atoms with Crippen LogP contribution in [-0.4, -0.2) is 30.9 Å². The van der Waals surface area contributed by atoms with Crippen molar-refractivity contribution in [3.63, 3.8) is 0 Å². The zero-order chi connectivity index (χ0) is 21.1. The van der Waals surface area contributed by atoms with Crippen LogP contribution in [0, 0.1) is 5.92 Å². The van der Waals surface area contributed by atoms with Crippen LogP contribution in [0.3, 0.4) is 0 Å². The van der Waals surface area contributed by atoms with E-state index in [0.717, 1.165) is 32.1 Å². The van der Waals surface area contributed by atoms with E-state index in [1.165, 1.54) is 0 Å². The van der Waals surface area contributed by atoms with Crippen LogP contribution in [-0.2, 0) is 19.1 Å². The van der Waals surface area contributed by atoms with Crippen LogP contribution in [0.2, 0.25) is 5.02 Å². The van der Waals surface area contributed by atoms with Crippen LogP contribution < -0.4 is 39.6 Å². The van der Waals surface area contributed by atoms with Gasteiger partial charge in [-0.1, -0.05) is 37.8 Å². The van der Waals surface area contributed by atoms with Crippen molar-refractivity contribution in [2.75, 3.05) is 6.54 Å². The molecule has 1 aliphatic carbocycles. The van der Waals surface area contributed by atoms with Crippen LogP contribution in [0.5, 0.6) is 5.75 Å². The Bertz CT molecular complexity index is 679. The number of esters is 2. The summed E-state index contributed by atoms with van der Waals surface area (Å²) in [7, 11) is 0. The number of ether oxygens (including phenoxy) is 3. The molecule has 1 saturated carbocycles. The maximum atomic E-state index is 12.2. The molecule has 1 atom stereocenters. The quantitative estimate of drug-likeness (QED) is 0.203. The molecule has 1 fully saturated rings. The third-order valence-electron chi connectivity index (χ3n) is 4.63.